The van der Waals surface area contributed by atoms with E-state index < -0.39 is 11.6 Å². The normalized spacial score (nSPS) is 13.4. The van der Waals surface area contributed by atoms with E-state index in [0.29, 0.717) is 22.2 Å². The predicted molar refractivity (Wildman–Crippen MR) is 139 cm³/mol. The van der Waals surface area contributed by atoms with E-state index >= 15 is 0 Å². The lowest BCUT2D eigenvalue weighted by Gasteiger charge is -2.21. The number of carboxylic acid groups (broad SMARTS) is 1. The van der Waals surface area contributed by atoms with Crippen molar-refractivity contribution in [2.24, 2.45) is 0 Å². The molecule has 4 rings (SSSR count). The second kappa shape index (κ2) is 10.4. The fourth-order valence-electron chi connectivity index (χ4n) is 4.28. The molecular formula is C27H31N5O5. The molecule has 0 aliphatic heterocycles. The Balaban J connectivity index is 1.43. The first kappa shape index (κ1) is 25.9. The van der Waals surface area contributed by atoms with Crippen LogP contribution in [0.4, 0.5) is 0 Å². The summed E-state index contributed by atoms with van der Waals surface area (Å²) in [6.45, 7) is 7.01. The van der Waals surface area contributed by atoms with Gasteiger partial charge in [-0.25, -0.2) is 14.4 Å². The Hall–Kier alpha value is -4.21. The minimum absolute atomic E-state index is 0.0575. The highest BCUT2D eigenvalue weighted by Crippen LogP contribution is 2.26. The maximum atomic E-state index is 13.1. The van der Waals surface area contributed by atoms with E-state index in [1.807, 2.05) is 25.1 Å². The van der Waals surface area contributed by atoms with Gasteiger partial charge in [0.05, 0.1) is 34.6 Å². The average molecular weight is 506 g/mol. The number of carboxylic acids is 1. The SMILES string of the molecule is CC[C@@H](CC[C@H](C)c1n[nH]c(=O)c2ccccc12)NC(=O)c1cnn2cc(OC(C)(C)C(=O)O)ccc12. The minimum atomic E-state index is -1.40. The number of pyridine rings is 1. The largest absolute Gasteiger partial charge is 0.478 e. The maximum Gasteiger partial charge on any atom is 0.347 e. The molecule has 3 heterocycles. The monoisotopic (exact) mass is 505 g/mol. The van der Waals surface area contributed by atoms with Gasteiger partial charge in [0.15, 0.2) is 5.60 Å². The number of aromatic amines is 1. The number of hydrogen-bond acceptors (Lipinski definition) is 6. The molecule has 3 N–H and O–H groups in total. The topological polar surface area (TPSA) is 139 Å². The van der Waals surface area contributed by atoms with E-state index in [2.05, 4.69) is 27.5 Å². The Morgan fingerprint density at radius 3 is 2.59 bits per heavy atom. The Kier molecular flexibility index (Phi) is 7.28. The lowest BCUT2D eigenvalue weighted by molar-refractivity contribution is -0.152. The summed E-state index contributed by atoms with van der Waals surface area (Å²) in [4.78, 5) is 36.5. The number of hydrogen-bond donors (Lipinski definition) is 3. The number of aromatic nitrogens is 4. The van der Waals surface area contributed by atoms with Gasteiger partial charge in [-0.05, 0) is 51.3 Å². The van der Waals surface area contributed by atoms with Crippen molar-refractivity contribution in [3.8, 4) is 5.75 Å². The van der Waals surface area contributed by atoms with Gasteiger partial charge in [-0.2, -0.15) is 10.2 Å². The van der Waals surface area contributed by atoms with E-state index in [-0.39, 0.29) is 23.4 Å². The Morgan fingerprint density at radius 2 is 1.89 bits per heavy atom. The molecule has 37 heavy (non-hydrogen) atoms. The van der Waals surface area contributed by atoms with Crippen LogP contribution in [0.1, 0.15) is 68.9 Å². The summed E-state index contributed by atoms with van der Waals surface area (Å²) in [6, 6.07) is 10.7. The van der Waals surface area contributed by atoms with E-state index in [4.69, 9.17) is 4.74 Å². The lowest BCUT2D eigenvalue weighted by Crippen LogP contribution is -2.37. The number of rotatable bonds is 10. The van der Waals surface area contributed by atoms with Gasteiger partial charge in [0.2, 0.25) is 0 Å². The molecule has 0 bridgehead atoms. The highest BCUT2D eigenvalue weighted by atomic mass is 16.5. The summed E-state index contributed by atoms with van der Waals surface area (Å²) in [5.74, 6) is -0.906. The molecule has 0 aliphatic rings. The summed E-state index contributed by atoms with van der Waals surface area (Å²) < 4.78 is 7.06. The molecule has 1 amide bonds. The number of aliphatic carboxylic acids is 1. The molecule has 0 radical (unpaired) electrons. The van der Waals surface area contributed by atoms with Crippen molar-refractivity contribution >= 4 is 28.2 Å². The number of benzene rings is 1. The van der Waals surface area contributed by atoms with Gasteiger partial charge in [0.1, 0.15) is 5.75 Å². The zero-order valence-corrected chi connectivity index (χ0v) is 21.3. The third-order valence-corrected chi connectivity index (χ3v) is 6.59. The first-order chi connectivity index (χ1) is 17.6. The van der Waals surface area contributed by atoms with Gasteiger partial charge in [0.25, 0.3) is 11.5 Å². The quantitative estimate of drug-likeness (QED) is 0.297. The van der Waals surface area contributed by atoms with Crippen LogP contribution in [0.15, 0.2) is 53.6 Å². The predicted octanol–water partition coefficient (Wildman–Crippen LogP) is 3.91. The van der Waals surface area contributed by atoms with Crippen LogP contribution < -0.4 is 15.6 Å². The second-order valence-electron chi connectivity index (χ2n) is 9.71. The number of nitrogens with one attached hydrogen (secondary N) is 2. The van der Waals surface area contributed by atoms with Crippen molar-refractivity contribution in [1.29, 1.82) is 0 Å². The van der Waals surface area contributed by atoms with Crippen molar-refractivity contribution in [3.63, 3.8) is 0 Å². The Bertz CT molecular complexity index is 1510. The first-order valence-corrected chi connectivity index (χ1v) is 12.3. The van der Waals surface area contributed by atoms with Gasteiger partial charge in [0, 0.05) is 17.3 Å². The van der Waals surface area contributed by atoms with Crippen molar-refractivity contribution in [1.82, 2.24) is 25.1 Å². The molecule has 0 spiro atoms. The van der Waals surface area contributed by atoms with Crippen LogP contribution in [-0.2, 0) is 4.79 Å². The highest BCUT2D eigenvalue weighted by molar-refractivity contribution is 6.00. The molecule has 10 heteroatoms. The third-order valence-electron chi connectivity index (χ3n) is 6.59. The molecule has 1 aromatic carbocycles. The average Bonchev–Trinajstić information content (AvgIpc) is 3.29. The van der Waals surface area contributed by atoms with Crippen LogP contribution in [0.3, 0.4) is 0 Å². The van der Waals surface area contributed by atoms with Crippen molar-refractivity contribution in [3.05, 3.63) is 70.4 Å². The Morgan fingerprint density at radius 1 is 1.16 bits per heavy atom. The molecule has 10 nitrogen and oxygen atoms in total. The molecule has 0 saturated carbocycles. The second-order valence-corrected chi connectivity index (χ2v) is 9.71. The van der Waals surface area contributed by atoms with Gasteiger partial charge in [-0.3, -0.25) is 9.59 Å². The molecule has 194 valence electrons. The standard InChI is InChI=1S/C27H31N5O5/c1-5-17(11-10-16(2)23-19-8-6-7-9-20(19)25(34)31-30-23)29-24(33)21-14-28-32-15-18(12-13-22(21)32)37-27(3,4)26(35)36/h6-9,12-17H,5,10-11H2,1-4H3,(H,29,33)(H,31,34)(H,35,36)/t16-,17-/m0/s1. The van der Waals surface area contributed by atoms with E-state index in [1.54, 1.807) is 24.4 Å². The number of H-pyrrole nitrogens is 1. The molecule has 0 fully saturated rings. The molecule has 4 aromatic rings. The number of fused-ring (bicyclic) bond motifs is 2. The molecule has 0 aliphatic carbocycles. The molecular weight excluding hydrogens is 474 g/mol. The first-order valence-electron chi connectivity index (χ1n) is 12.3. The van der Waals surface area contributed by atoms with Crippen molar-refractivity contribution in [2.45, 2.75) is 64.5 Å². The zero-order chi connectivity index (χ0) is 26.7. The highest BCUT2D eigenvalue weighted by Gasteiger charge is 2.29. The van der Waals surface area contributed by atoms with Gasteiger partial charge >= 0.3 is 5.97 Å². The lowest BCUT2D eigenvalue weighted by atomic mass is 9.94. The summed E-state index contributed by atoms with van der Waals surface area (Å²) in [7, 11) is 0. The van der Waals surface area contributed by atoms with Crippen molar-refractivity contribution < 1.29 is 19.4 Å². The number of carbonyl (C=O) groups excluding carboxylic acids is 1. The number of ether oxygens (including phenoxy) is 1. The minimum Gasteiger partial charge on any atom is -0.478 e. The van der Waals surface area contributed by atoms with E-state index in [0.717, 1.165) is 30.3 Å². The third kappa shape index (κ3) is 5.47. The van der Waals surface area contributed by atoms with Crippen LogP contribution in [0.2, 0.25) is 0 Å². The van der Waals surface area contributed by atoms with E-state index in [1.165, 1.54) is 24.6 Å². The Labute approximate surface area is 213 Å². The number of nitrogens with zero attached hydrogens (tertiary/aromatic N) is 3. The summed E-state index contributed by atoms with van der Waals surface area (Å²) in [6.07, 6.45) is 5.30. The summed E-state index contributed by atoms with van der Waals surface area (Å²) >= 11 is 0. The smallest absolute Gasteiger partial charge is 0.347 e. The summed E-state index contributed by atoms with van der Waals surface area (Å²) in [5.41, 5.74) is 0.239. The molecule has 0 saturated heterocycles. The number of amides is 1. The van der Waals surface area contributed by atoms with Gasteiger partial charge in [-0.15, -0.1) is 0 Å². The van der Waals surface area contributed by atoms with Crippen LogP contribution in [0.5, 0.6) is 5.75 Å². The van der Waals surface area contributed by atoms with E-state index in [9.17, 15) is 19.5 Å². The van der Waals surface area contributed by atoms with Gasteiger partial charge < -0.3 is 15.2 Å². The van der Waals surface area contributed by atoms with Crippen LogP contribution >= 0.6 is 0 Å². The van der Waals surface area contributed by atoms with Crippen LogP contribution in [-0.4, -0.2) is 48.4 Å². The summed E-state index contributed by atoms with van der Waals surface area (Å²) in [5, 5.41) is 25.0. The zero-order valence-electron chi connectivity index (χ0n) is 21.3. The molecule has 0 unspecified atom stereocenters. The maximum absolute atomic E-state index is 13.1. The molecule has 3 aromatic heterocycles. The fraction of sp³-hybridized carbons (Fsp3) is 0.370. The van der Waals surface area contributed by atoms with Gasteiger partial charge in [-0.1, -0.05) is 32.0 Å². The number of carbonyl (C=O) groups is 2. The van der Waals surface area contributed by atoms with Crippen LogP contribution in [0, 0.1) is 0 Å². The molecule has 2 atom stereocenters. The van der Waals surface area contributed by atoms with Crippen LogP contribution in [0.25, 0.3) is 16.3 Å². The fourth-order valence-corrected chi connectivity index (χ4v) is 4.28. The van der Waals surface area contributed by atoms with Crippen molar-refractivity contribution in [2.75, 3.05) is 0 Å².